The van der Waals surface area contributed by atoms with Gasteiger partial charge in [0.25, 0.3) is 10.0 Å². The van der Waals surface area contributed by atoms with Gasteiger partial charge in [-0.1, -0.05) is 19.1 Å². The van der Waals surface area contributed by atoms with Crippen molar-refractivity contribution in [2.24, 2.45) is 0 Å². The zero-order valence-electron chi connectivity index (χ0n) is 11.6. The van der Waals surface area contributed by atoms with E-state index in [4.69, 9.17) is 5.11 Å². The first-order valence-electron chi connectivity index (χ1n) is 6.27. The maximum absolute atomic E-state index is 12.5. The van der Waals surface area contributed by atoms with E-state index in [1.54, 1.807) is 12.1 Å². The Balaban J connectivity index is 2.34. The van der Waals surface area contributed by atoms with Gasteiger partial charge < -0.3 is 5.11 Å². The third-order valence-corrected chi connectivity index (χ3v) is 6.44. The highest BCUT2D eigenvalue weighted by Gasteiger charge is 2.24. The maximum Gasteiger partial charge on any atom is 0.345 e. The lowest BCUT2D eigenvalue weighted by Gasteiger charge is -2.18. The number of carboxylic acid groups (broad SMARTS) is 1. The Kier molecular flexibility index (Phi) is 4.34. The van der Waals surface area contributed by atoms with Crippen LogP contribution in [0.1, 0.15) is 22.2 Å². The fourth-order valence-corrected chi connectivity index (χ4v) is 4.30. The van der Waals surface area contributed by atoms with E-state index in [0.29, 0.717) is 5.69 Å². The molecule has 0 amide bonds. The largest absolute Gasteiger partial charge is 0.477 e. The van der Waals surface area contributed by atoms with Gasteiger partial charge in [-0.3, -0.25) is 4.31 Å². The van der Waals surface area contributed by atoms with Gasteiger partial charge in [0.2, 0.25) is 0 Å². The van der Waals surface area contributed by atoms with E-state index < -0.39 is 16.0 Å². The SMILES string of the molecule is CCc1ccc(N(C)S(=O)(=O)c2ccc(C(=O)O)s2)cc1. The second-order valence-electron chi connectivity index (χ2n) is 4.42. The van der Waals surface area contributed by atoms with Crippen LogP contribution in [0.3, 0.4) is 0 Å². The second-order valence-corrected chi connectivity index (χ2v) is 7.70. The van der Waals surface area contributed by atoms with E-state index in [1.807, 2.05) is 19.1 Å². The van der Waals surface area contributed by atoms with Crippen molar-refractivity contribution >= 4 is 33.0 Å². The summed E-state index contributed by atoms with van der Waals surface area (Å²) in [4.78, 5) is 10.9. The molecule has 1 aromatic heterocycles. The minimum absolute atomic E-state index is 0.00306. The molecule has 5 nitrogen and oxygen atoms in total. The van der Waals surface area contributed by atoms with Crippen LogP contribution in [-0.4, -0.2) is 26.5 Å². The van der Waals surface area contributed by atoms with Crippen LogP contribution in [0, 0.1) is 0 Å². The number of thiophene rings is 1. The van der Waals surface area contributed by atoms with Gasteiger partial charge in [0.05, 0.1) is 5.69 Å². The van der Waals surface area contributed by atoms with Crippen molar-refractivity contribution < 1.29 is 18.3 Å². The number of sulfonamides is 1. The Morgan fingerprint density at radius 3 is 2.29 bits per heavy atom. The molecule has 0 atom stereocenters. The van der Waals surface area contributed by atoms with Gasteiger partial charge in [-0.25, -0.2) is 13.2 Å². The van der Waals surface area contributed by atoms with Crippen LogP contribution in [0.2, 0.25) is 0 Å². The van der Waals surface area contributed by atoms with E-state index in [1.165, 1.54) is 19.2 Å². The molecule has 21 heavy (non-hydrogen) atoms. The van der Waals surface area contributed by atoms with Crippen molar-refractivity contribution in [1.82, 2.24) is 0 Å². The number of rotatable bonds is 5. The summed E-state index contributed by atoms with van der Waals surface area (Å²) in [5.74, 6) is -1.13. The van der Waals surface area contributed by atoms with Gasteiger partial charge in [0, 0.05) is 7.05 Å². The van der Waals surface area contributed by atoms with Crippen LogP contribution < -0.4 is 4.31 Å². The fourth-order valence-electron chi connectivity index (χ4n) is 1.79. The van der Waals surface area contributed by atoms with Crippen LogP contribution in [0.15, 0.2) is 40.6 Å². The average Bonchev–Trinajstić information content (AvgIpc) is 2.97. The predicted molar refractivity (Wildman–Crippen MR) is 82.7 cm³/mol. The standard InChI is InChI=1S/C14H15NO4S2/c1-3-10-4-6-11(7-5-10)15(2)21(18,19)13-9-8-12(20-13)14(16)17/h4-9H,3H2,1-2H3,(H,16,17). The lowest BCUT2D eigenvalue weighted by molar-refractivity contribution is 0.0702. The molecule has 0 bridgehead atoms. The molecule has 0 saturated heterocycles. The lowest BCUT2D eigenvalue weighted by Crippen LogP contribution is -2.25. The summed E-state index contributed by atoms with van der Waals surface area (Å²) >= 11 is 0.749. The molecule has 2 rings (SSSR count). The number of carboxylic acids is 1. The molecule has 0 aliphatic heterocycles. The molecule has 0 unspecified atom stereocenters. The first-order chi connectivity index (χ1) is 9.86. The number of anilines is 1. The average molecular weight is 325 g/mol. The van der Waals surface area contributed by atoms with Gasteiger partial charge >= 0.3 is 5.97 Å². The van der Waals surface area contributed by atoms with E-state index >= 15 is 0 Å². The second kappa shape index (κ2) is 5.87. The third kappa shape index (κ3) is 3.08. The van der Waals surface area contributed by atoms with Crippen molar-refractivity contribution in [2.45, 2.75) is 17.6 Å². The first kappa shape index (κ1) is 15.5. The molecule has 7 heteroatoms. The molecule has 112 valence electrons. The molecule has 0 radical (unpaired) electrons. The van der Waals surface area contributed by atoms with Gasteiger partial charge in [-0.15, -0.1) is 11.3 Å². The van der Waals surface area contributed by atoms with Crippen molar-refractivity contribution in [2.75, 3.05) is 11.4 Å². The summed E-state index contributed by atoms with van der Waals surface area (Å²) in [5.41, 5.74) is 1.66. The molecule has 0 aliphatic rings. The minimum atomic E-state index is -3.74. The Morgan fingerprint density at radius 1 is 1.19 bits per heavy atom. The molecular formula is C14H15NO4S2. The normalized spacial score (nSPS) is 11.3. The molecule has 2 aromatic rings. The molecule has 0 spiro atoms. The summed E-state index contributed by atoms with van der Waals surface area (Å²) in [5, 5.41) is 8.88. The van der Waals surface area contributed by atoms with Gasteiger partial charge in [0.15, 0.2) is 0 Å². The highest BCUT2D eigenvalue weighted by atomic mass is 32.2. The Bertz CT molecular complexity index is 748. The Hall–Kier alpha value is -1.86. The summed E-state index contributed by atoms with van der Waals surface area (Å²) in [6, 6.07) is 9.84. The zero-order valence-corrected chi connectivity index (χ0v) is 13.2. The first-order valence-corrected chi connectivity index (χ1v) is 8.53. The van der Waals surface area contributed by atoms with Crippen molar-refractivity contribution in [3.8, 4) is 0 Å². The predicted octanol–water partition coefficient (Wildman–Crippen LogP) is 2.83. The minimum Gasteiger partial charge on any atom is -0.477 e. The van der Waals surface area contributed by atoms with Crippen molar-refractivity contribution in [3.05, 3.63) is 46.8 Å². The molecule has 0 saturated carbocycles. The van der Waals surface area contributed by atoms with Crippen LogP contribution in [0.5, 0.6) is 0 Å². The summed E-state index contributed by atoms with van der Waals surface area (Å²) in [7, 11) is -2.28. The number of carbonyl (C=O) groups is 1. The van der Waals surface area contributed by atoms with Crippen LogP contribution in [-0.2, 0) is 16.4 Å². The molecule has 0 fully saturated rings. The highest BCUT2D eigenvalue weighted by Crippen LogP contribution is 2.27. The van der Waals surface area contributed by atoms with Gasteiger partial charge in [-0.2, -0.15) is 0 Å². The smallest absolute Gasteiger partial charge is 0.345 e. The molecule has 1 N–H and O–H groups in total. The van der Waals surface area contributed by atoms with E-state index in [9.17, 15) is 13.2 Å². The maximum atomic E-state index is 12.5. The van der Waals surface area contributed by atoms with E-state index in [0.717, 1.165) is 27.6 Å². The molecular weight excluding hydrogens is 310 g/mol. The zero-order chi connectivity index (χ0) is 15.6. The molecule has 0 aliphatic carbocycles. The summed E-state index contributed by atoms with van der Waals surface area (Å²) in [6.45, 7) is 2.02. The van der Waals surface area contributed by atoms with Crippen LogP contribution in [0.4, 0.5) is 5.69 Å². The topological polar surface area (TPSA) is 74.7 Å². The molecule has 1 aromatic carbocycles. The fraction of sp³-hybridized carbons (Fsp3) is 0.214. The number of aryl methyl sites for hydroxylation is 1. The number of benzene rings is 1. The van der Waals surface area contributed by atoms with Crippen LogP contribution in [0.25, 0.3) is 0 Å². The van der Waals surface area contributed by atoms with Gasteiger partial charge in [-0.05, 0) is 36.2 Å². The third-order valence-electron chi connectivity index (χ3n) is 3.12. The monoisotopic (exact) mass is 325 g/mol. The Labute approximate surface area is 127 Å². The van der Waals surface area contributed by atoms with E-state index in [-0.39, 0.29) is 9.09 Å². The number of hydrogen-bond donors (Lipinski definition) is 1. The van der Waals surface area contributed by atoms with Crippen molar-refractivity contribution in [3.63, 3.8) is 0 Å². The summed E-state index contributed by atoms with van der Waals surface area (Å²) in [6.07, 6.45) is 0.879. The summed E-state index contributed by atoms with van der Waals surface area (Å²) < 4.78 is 26.1. The van der Waals surface area contributed by atoms with Crippen LogP contribution >= 0.6 is 11.3 Å². The quantitative estimate of drug-likeness (QED) is 0.917. The van der Waals surface area contributed by atoms with Gasteiger partial charge in [0.1, 0.15) is 9.09 Å². The van der Waals surface area contributed by atoms with E-state index in [2.05, 4.69) is 0 Å². The lowest BCUT2D eigenvalue weighted by atomic mass is 10.1. The van der Waals surface area contributed by atoms with Crippen molar-refractivity contribution in [1.29, 1.82) is 0 Å². The number of aromatic carboxylic acids is 1. The molecule has 1 heterocycles. The Morgan fingerprint density at radius 2 is 1.81 bits per heavy atom. The highest BCUT2D eigenvalue weighted by molar-refractivity contribution is 7.94. The number of nitrogens with zero attached hydrogens (tertiary/aromatic N) is 1. The number of hydrogen-bond acceptors (Lipinski definition) is 4.